The number of hydrogen-bond acceptors (Lipinski definition) is 5. The number of fused-ring (bicyclic) bond motifs is 3. The minimum absolute atomic E-state index is 0.00727. The van der Waals surface area contributed by atoms with E-state index in [1.165, 1.54) is 18.3 Å². The van der Waals surface area contributed by atoms with Gasteiger partial charge in [0.1, 0.15) is 9.88 Å². The van der Waals surface area contributed by atoms with Crippen LogP contribution in [0.4, 0.5) is 18.9 Å². The van der Waals surface area contributed by atoms with Gasteiger partial charge in [0.05, 0.1) is 11.9 Å². The fourth-order valence-electron chi connectivity index (χ4n) is 4.24. The third-order valence-corrected chi connectivity index (χ3v) is 6.90. The third kappa shape index (κ3) is 4.06. The summed E-state index contributed by atoms with van der Waals surface area (Å²) in [4.78, 5) is 31.1. The normalized spacial score (nSPS) is 25.7. The second-order valence-corrected chi connectivity index (χ2v) is 8.67. The molecule has 2 N–H and O–H groups in total. The van der Waals surface area contributed by atoms with Crippen molar-refractivity contribution < 1.29 is 22.8 Å². The molecule has 160 valence electrons. The molecule has 0 unspecified atom stereocenters. The van der Waals surface area contributed by atoms with E-state index in [9.17, 15) is 22.8 Å². The summed E-state index contributed by atoms with van der Waals surface area (Å²) in [6.07, 6.45) is -1.44. The topological polar surface area (TPSA) is 74.3 Å². The number of anilines is 1. The van der Waals surface area contributed by atoms with Gasteiger partial charge in [-0.1, -0.05) is 12.1 Å². The molecule has 2 atom stereocenters. The van der Waals surface area contributed by atoms with Crippen LogP contribution in [0.3, 0.4) is 0 Å². The molecule has 4 heterocycles. The molecule has 30 heavy (non-hydrogen) atoms. The SMILES string of the molecule is C[C@H]1[C@H](NC(=O)c2cnc(-c3ccccc3NC(=O)C(F)(F)F)s2)C2CCN1CC2. The van der Waals surface area contributed by atoms with E-state index in [0.29, 0.717) is 21.4 Å². The number of carbonyl (C=O) groups is 2. The Morgan fingerprint density at radius 3 is 2.57 bits per heavy atom. The summed E-state index contributed by atoms with van der Waals surface area (Å²) in [5.74, 6) is -1.83. The van der Waals surface area contributed by atoms with Gasteiger partial charge in [-0.05, 0) is 50.9 Å². The van der Waals surface area contributed by atoms with E-state index in [-0.39, 0.29) is 23.7 Å². The van der Waals surface area contributed by atoms with Crippen molar-refractivity contribution >= 4 is 28.8 Å². The van der Waals surface area contributed by atoms with Gasteiger partial charge in [-0.15, -0.1) is 11.3 Å². The lowest BCUT2D eigenvalue weighted by molar-refractivity contribution is -0.167. The fraction of sp³-hybridized carbons (Fsp3) is 0.450. The highest BCUT2D eigenvalue weighted by molar-refractivity contribution is 7.17. The standard InChI is InChI=1S/C20H21F3N4O2S/c1-11-16(12-6-8-27(11)9-7-12)26-17(28)15-10-24-18(30-15)13-4-2-3-5-14(13)25-19(29)20(21,22)23/h2-5,10-12,16H,6-9H2,1H3,(H,25,29)(H,26,28)/t11-,16-/m0/s1. The molecule has 3 aliphatic rings. The summed E-state index contributed by atoms with van der Waals surface area (Å²) < 4.78 is 37.8. The van der Waals surface area contributed by atoms with Gasteiger partial charge in [-0.25, -0.2) is 4.98 Å². The number of aromatic nitrogens is 1. The average molecular weight is 438 g/mol. The smallest absolute Gasteiger partial charge is 0.347 e. The van der Waals surface area contributed by atoms with Crippen LogP contribution in [0.15, 0.2) is 30.5 Å². The van der Waals surface area contributed by atoms with Crippen LogP contribution in [0.5, 0.6) is 0 Å². The van der Waals surface area contributed by atoms with Gasteiger partial charge < -0.3 is 10.6 Å². The zero-order chi connectivity index (χ0) is 21.5. The molecular formula is C20H21F3N4O2S. The van der Waals surface area contributed by atoms with E-state index in [1.54, 1.807) is 12.1 Å². The van der Waals surface area contributed by atoms with Gasteiger partial charge in [-0.3, -0.25) is 14.5 Å². The number of alkyl halides is 3. The van der Waals surface area contributed by atoms with Crippen LogP contribution >= 0.6 is 11.3 Å². The molecule has 0 spiro atoms. The Bertz CT molecular complexity index is 952. The summed E-state index contributed by atoms with van der Waals surface area (Å²) in [6.45, 7) is 4.24. The highest BCUT2D eigenvalue weighted by Gasteiger charge is 2.41. The lowest BCUT2D eigenvalue weighted by atomic mass is 9.79. The molecular weight excluding hydrogens is 417 g/mol. The molecule has 2 amide bonds. The second-order valence-electron chi connectivity index (χ2n) is 7.64. The Kier molecular flexibility index (Phi) is 5.54. The molecule has 5 rings (SSSR count). The number of para-hydroxylation sites is 1. The van der Waals surface area contributed by atoms with Crippen molar-refractivity contribution in [2.75, 3.05) is 18.4 Å². The van der Waals surface area contributed by atoms with Gasteiger partial charge in [0.25, 0.3) is 5.91 Å². The van der Waals surface area contributed by atoms with Crippen molar-refractivity contribution in [3.05, 3.63) is 35.3 Å². The molecule has 2 aromatic rings. The number of nitrogens with zero attached hydrogens (tertiary/aromatic N) is 2. The first-order chi connectivity index (χ1) is 14.2. The Hall–Kier alpha value is -2.46. The van der Waals surface area contributed by atoms with Crippen molar-refractivity contribution in [3.63, 3.8) is 0 Å². The van der Waals surface area contributed by atoms with Crippen LogP contribution in [-0.4, -0.2) is 53.0 Å². The largest absolute Gasteiger partial charge is 0.471 e. The number of piperidine rings is 3. The third-order valence-electron chi connectivity index (χ3n) is 5.87. The summed E-state index contributed by atoms with van der Waals surface area (Å²) in [6, 6.07) is 6.42. The first-order valence-corrected chi connectivity index (χ1v) is 10.5. The van der Waals surface area contributed by atoms with E-state index in [2.05, 4.69) is 22.1 Å². The van der Waals surface area contributed by atoms with E-state index in [0.717, 1.165) is 37.3 Å². The predicted molar refractivity (Wildman–Crippen MR) is 107 cm³/mol. The Labute approximate surface area is 175 Å². The van der Waals surface area contributed by atoms with Crippen molar-refractivity contribution in [1.29, 1.82) is 0 Å². The predicted octanol–water partition coefficient (Wildman–Crippen LogP) is 3.52. The molecule has 0 radical (unpaired) electrons. The highest BCUT2D eigenvalue weighted by atomic mass is 32.1. The Morgan fingerprint density at radius 2 is 1.90 bits per heavy atom. The molecule has 1 aromatic heterocycles. The fourth-order valence-corrected chi connectivity index (χ4v) is 5.10. The summed E-state index contributed by atoms with van der Waals surface area (Å²) in [7, 11) is 0. The van der Waals surface area contributed by atoms with Crippen molar-refractivity contribution in [2.45, 2.75) is 38.0 Å². The number of thiazole rings is 1. The van der Waals surface area contributed by atoms with Crippen LogP contribution < -0.4 is 10.6 Å². The second kappa shape index (κ2) is 7.99. The number of benzene rings is 1. The number of amides is 2. The van der Waals surface area contributed by atoms with Gasteiger partial charge in [-0.2, -0.15) is 13.2 Å². The highest BCUT2D eigenvalue weighted by Crippen LogP contribution is 2.34. The zero-order valence-corrected chi connectivity index (χ0v) is 17.0. The quantitative estimate of drug-likeness (QED) is 0.766. The number of nitrogens with one attached hydrogen (secondary N) is 2. The molecule has 3 saturated heterocycles. The molecule has 10 heteroatoms. The van der Waals surface area contributed by atoms with Crippen LogP contribution in [0.2, 0.25) is 0 Å². The maximum Gasteiger partial charge on any atom is 0.471 e. The van der Waals surface area contributed by atoms with Crippen LogP contribution in [0.25, 0.3) is 10.6 Å². The van der Waals surface area contributed by atoms with Crippen molar-refractivity contribution in [1.82, 2.24) is 15.2 Å². The lowest BCUT2D eigenvalue weighted by Gasteiger charge is -2.49. The molecule has 3 aliphatic heterocycles. The lowest BCUT2D eigenvalue weighted by Crippen LogP contribution is -2.62. The molecule has 6 nitrogen and oxygen atoms in total. The minimum Gasteiger partial charge on any atom is -0.347 e. The minimum atomic E-state index is -4.99. The Morgan fingerprint density at radius 1 is 1.20 bits per heavy atom. The summed E-state index contributed by atoms with van der Waals surface area (Å²) in [5, 5.41) is 5.35. The molecule has 1 aromatic carbocycles. The summed E-state index contributed by atoms with van der Waals surface area (Å²) in [5.41, 5.74) is 0.322. The van der Waals surface area contributed by atoms with Gasteiger partial charge in [0, 0.05) is 17.6 Å². The van der Waals surface area contributed by atoms with E-state index < -0.39 is 12.1 Å². The van der Waals surface area contributed by atoms with Crippen LogP contribution in [0.1, 0.15) is 29.4 Å². The molecule has 3 fully saturated rings. The average Bonchev–Trinajstić information content (AvgIpc) is 3.21. The van der Waals surface area contributed by atoms with Gasteiger partial charge in [0.2, 0.25) is 0 Å². The number of carbonyl (C=O) groups excluding carboxylic acids is 2. The zero-order valence-electron chi connectivity index (χ0n) is 16.2. The van der Waals surface area contributed by atoms with E-state index >= 15 is 0 Å². The Balaban J connectivity index is 1.51. The molecule has 0 aliphatic carbocycles. The van der Waals surface area contributed by atoms with Crippen molar-refractivity contribution in [3.8, 4) is 10.6 Å². The first kappa shape index (κ1) is 20.8. The van der Waals surface area contributed by atoms with Crippen LogP contribution in [0, 0.1) is 5.92 Å². The molecule has 2 bridgehead atoms. The van der Waals surface area contributed by atoms with E-state index in [4.69, 9.17) is 0 Å². The maximum absolute atomic E-state index is 12.8. The van der Waals surface area contributed by atoms with E-state index in [1.807, 2.05) is 5.32 Å². The maximum atomic E-state index is 12.8. The van der Waals surface area contributed by atoms with Crippen molar-refractivity contribution in [2.24, 2.45) is 5.92 Å². The monoisotopic (exact) mass is 438 g/mol. The van der Waals surface area contributed by atoms with Gasteiger partial charge >= 0.3 is 12.1 Å². The first-order valence-electron chi connectivity index (χ1n) is 9.72. The summed E-state index contributed by atoms with van der Waals surface area (Å²) >= 11 is 1.08. The van der Waals surface area contributed by atoms with Crippen LogP contribution in [-0.2, 0) is 4.79 Å². The number of halogens is 3. The number of hydrogen-bond donors (Lipinski definition) is 2. The van der Waals surface area contributed by atoms with Gasteiger partial charge in [0.15, 0.2) is 0 Å². The number of rotatable bonds is 4. The molecule has 0 saturated carbocycles.